The predicted molar refractivity (Wildman–Crippen MR) is 86.6 cm³/mol. The summed E-state index contributed by atoms with van der Waals surface area (Å²) in [5, 5.41) is 0. The highest BCUT2D eigenvalue weighted by molar-refractivity contribution is 6.83. The number of Topliss-reactive ketones (excluding diaryl/α,β-unsaturated/α-hetero) is 1. The van der Waals surface area contributed by atoms with Gasteiger partial charge in [0.25, 0.3) is 0 Å². The number of ketones is 1. The summed E-state index contributed by atoms with van der Waals surface area (Å²) in [7, 11) is -1.47. The van der Waals surface area contributed by atoms with E-state index in [0.717, 1.165) is 12.8 Å². The Kier molecular flexibility index (Phi) is 3.27. The van der Waals surface area contributed by atoms with Gasteiger partial charge in [-0.3, -0.25) is 4.79 Å². The Balaban J connectivity index is 2.43. The fourth-order valence-corrected chi connectivity index (χ4v) is 4.40. The summed E-state index contributed by atoms with van der Waals surface area (Å²) in [6, 6.07) is 0. The van der Waals surface area contributed by atoms with Crippen LogP contribution in [0.4, 0.5) is 0 Å². The first-order valence-electron chi connectivity index (χ1n) is 7.50. The second kappa shape index (κ2) is 4.25. The van der Waals surface area contributed by atoms with E-state index in [1.54, 1.807) is 0 Å². The summed E-state index contributed by atoms with van der Waals surface area (Å²) in [5.74, 6) is 6.93. The van der Waals surface area contributed by atoms with Crippen molar-refractivity contribution >= 4 is 13.9 Å². The Bertz CT molecular complexity index is 549. The second-order valence-electron chi connectivity index (χ2n) is 8.73. The third kappa shape index (κ3) is 2.36. The van der Waals surface area contributed by atoms with Gasteiger partial charge in [-0.25, -0.2) is 0 Å². The monoisotopic (exact) mass is 286 g/mol. The Labute approximate surface area is 124 Å². The molecule has 1 nitrogen and oxygen atoms in total. The molecule has 0 aromatic heterocycles. The number of rotatable bonds is 0. The smallest absolute Gasteiger partial charge is 0.151 e. The molecular weight excluding hydrogens is 260 g/mol. The number of carbonyl (C=O) groups is 1. The van der Waals surface area contributed by atoms with Crippen molar-refractivity contribution in [2.24, 2.45) is 22.2 Å². The number of carbonyl (C=O) groups excluding carboxylic acids is 1. The highest BCUT2D eigenvalue weighted by atomic mass is 28.3. The van der Waals surface area contributed by atoms with Crippen molar-refractivity contribution in [2.45, 2.75) is 59.7 Å². The van der Waals surface area contributed by atoms with E-state index in [1.807, 2.05) is 0 Å². The minimum absolute atomic E-state index is 0.0601. The maximum absolute atomic E-state index is 12.8. The zero-order chi connectivity index (χ0) is 15.4. The molecule has 2 fully saturated rings. The van der Waals surface area contributed by atoms with E-state index < -0.39 is 13.5 Å². The highest BCUT2D eigenvalue weighted by Gasteiger charge is 2.66. The largest absolute Gasteiger partial charge is 0.298 e. The van der Waals surface area contributed by atoms with E-state index in [1.165, 1.54) is 0 Å². The van der Waals surface area contributed by atoms with Gasteiger partial charge in [0.15, 0.2) is 5.78 Å². The molecule has 0 spiro atoms. The van der Waals surface area contributed by atoms with Crippen LogP contribution in [0.1, 0.15) is 40.0 Å². The van der Waals surface area contributed by atoms with Crippen LogP contribution in [0, 0.1) is 46.0 Å². The molecule has 20 heavy (non-hydrogen) atoms. The lowest BCUT2D eigenvalue weighted by atomic mass is 9.39. The van der Waals surface area contributed by atoms with Crippen molar-refractivity contribution in [3.8, 4) is 23.8 Å². The van der Waals surface area contributed by atoms with E-state index in [4.69, 9.17) is 6.42 Å². The number of hydrogen-bond acceptors (Lipinski definition) is 1. The normalized spacial score (nSPS) is 38.9. The first kappa shape index (κ1) is 15.4. The van der Waals surface area contributed by atoms with Crippen molar-refractivity contribution in [3.63, 3.8) is 0 Å². The molecule has 0 bridgehead atoms. The Morgan fingerprint density at radius 3 is 2.35 bits per heavy atom. The standard InChI is InChI=1S/C18H26OSi/c1-8-17(4)13-18(9-10-20(5,6)7)14(17)11-16(2,3)12-15(18)19/h1,14H,11-13H2,2-7H3. The fraction of sp³-hybridized carbons (Fsp3) is 0.722. The number of fused-ring (bicyclic) bond motifs is 1. The average molecular weight is 286 g/mol. The molecule has 2 aliphatic carbocycles. The third-order valence-corrected chi connectivity index (χ3v) is 5.77. The van der Waals surface area contributed by atoms with Gasteiger partial charge in [-0.15, -0.1) is 12.0 Å². The van der Waals surface area contributed by atoms with Crippen molar-refractivity contribution in [1.29, 1.82) is 0 Å². The van der Waals surface area contributed by atoms with E-state index in [0.29, 0.717) is 12.2 Å². The van der Waals surface area contributed by atoms with Crippen LogP contribution in [0.2, 0.25) is 19.6 Å². The summed E-state index contributed by atoms with van der Waals surface area (Å²) in [6.07, 6.45) is 8.16. The Morgan fingerprint density at radius 2 is 1.85 bits per heavy atom. The lowest BCUT2D eigenvalue weighted by Crippen LogP contribution is -2.62. The zero-order valence-corrected chi connectivity index (χ0v) is 14.7. The molecule has 0 N–H and O–H groups in total. The highest BCUT2D eigenvalue weighted by Crippen LogP contribution is 2.66. The molecule has 2 rings (SSSR count). The van der Waals surface area contributed by atoms with Gasteiger partial charge < -0.3 is 0 Å². The first-order chi connectivity index (χ1) is 8.94. The molecule has 0 radical (unpaired) electrons. The van der Waals surface area contributed by atoms with Crippen LogP contribution in [-0.4, -0.2) is 13.9 Å². The van der Waals surface area contributed by atoms with E-state index in [9.17, 15) is 4.79 Å². The topological polar surface area (TPSA) is 17.1 Å². The van der Waals surface area contributed by atoms with Gasteiger partial charge in [-0.2, -0.15) is 0 Å². The van der Waals surface area contributed by atoms with Crippen LogP contribution >= 0.6 is 0 Å². The summed E-state index contributed by atoms with van der Waals surface area (Å²) >= 11 is 0. The van der Waals surface area contributed by atoms with E-state index in [2.05, 4.69) is 57.8 Å². The first-order valence-corrected chi connectivity index (χ1v) is 11.0. The van der Waals surface area contributed by atoms with Gasteiger partial charge in [0.1, 0.15) is 8.07 Å². The van der Waals surface area contributed by atoms with Gasteiger partial charge >= 0.3 is 0 Å². The van der Waals surface area contributed by atoms with Crippen molar-refractivity contribution < 1.29 is 4.79 Å². The molecule has 0 aliphatic heterocycles. The molecule has 0 amide bonds. The third-order valence-electron chi connectivity index (χ3n) is 4.89. The van der Waals surface area contributed by atoms with Gasteiger partial charge in [-0.05, 0) is 31.1 Å². The van der Waals surface area contributed by atoms with Gasteiger partial charge in [0.2, 0.25) is 0 Å². The molecule has 2 saturated carbocycles. The van der Waals surface area contributed by atoms with Crippen LogP contribution in [0.25, 0.3) is 0 Å². The van der Waals surface area contributed by atoms with E-state index >= 15 is 0 Å². The van der Waals surface area contributed by atoms with Crippen LogP contribution in [0.15, 0.2) is 0 Å². The molecule has 2 heteroatoms. The van der Waals surface area contributed by atoms with Crippen molar-refractivity contribution in [3.05, 3.63) is 0 Å². The molecule has 108 valence electrons. The zero-order valence-electron chi connectivity index (χ0n) is 13.7. The minimum Gasteiger partial charge on any atom is -0.298 e. The van der Waals surface area contributed by atoms with Crippen LogP contribution in [0.5, 0.6) is 0 Å². The summed E-state index contributed by atoms with van der Waals surface area (Å²) in [5.41, 5.74) is 2.91. The van der Waals surface area contributed by atoms with Crippen LogP contribution in [0.3, 0.4) is 0 Å². The summed E-state index contributed by atoms with van der Waals surface area (Å²) < 4.78 is 0. The Morgan fingerprint density at radius 1 is 1.25 bits per heavy atom. The Hall–Kier alpha value is -0.993. The summed E-state index contributed by atoms with van der Waals surface area (Å²) in [4.78, 5) is 12.8. The SMILES string of the molecule is C#CC1(C)CC2(C#C[Si](C)(C)C)C(=O)CC(C)(C)CC12. The molecule has 0 saturated heterocycles. The average Bonchev–Trinajstić information content (AvgIpc) is 2.28. The minimum atomic E-state index is -1.47. The molecule has 3 atom stereocenters. The predicted octanol–water partition coefficient (Wildman–Crippen LogP) is 3.90. The second-order valence-corrected chi connectivity index (χ2v) is 13.5. The van der Waals surface area contributed by atoms with E-state index in [-0.39, 0.29) is 16.7 Å². The lowest BCUT2D eigenvalue weighted by Gasteiger charge is -2.61. The van der Waals surface area contributed by atoms with Crippen LogP contribution in [-0.2, 0) is 4.79 Å². The van der Waals surface area contributed by atoms with Crippen LogP contribution < -0.4 is 0 Å². The lowest BCUT2D eigenvalue weighted by molar-refractivity contribution is -0.158. The molecule has 3 unspecified atom stereocenters. The van der Waals surface area contributed by atoms with Gasteiger partial charge in [-0.1, -0.05) is 45.3 Å². The summed E-state index contributed by atoms with van der Waals surface area (Å²) in [6.45, 7) is 13.2. The van der Waals surface area contributed by atoms with Gasteiger partial charge in [0, 0.05) is 11.8 Å². The number of hydrogen-bond donors (Lipinski definition) is 0. The molecule has 0 heterocycles. The maximum atomic E-state index is 12.8. The quantitative estimate of drug-likeness (QED) is 0.487. The van der Waals surface area contributed by atoms with Crippen molar-refractivity contribution in [2.75, 3.05) is 0 Å². The van der Waals surface area contributed by atoms with Gasteiger partial charge in [0.05, 0.1) is 5.41 Å². The number of terminal acetylenes is 1. The maximum Gasteiger partial charge on any atom is 0.151 e. The molecule has 0 aromatic rings. The fourth-order valence-electron chi connectivity index (χ4n) is 3.80. The molecular formula is C18H26OSi. The molecule has 2 aliphatic rings. The van der Waals surface area contributed by atoms with Crippen molar-refractivity contribution in [1.82, 2.24) is 0 Å². The molecule has 0 aromatic carbocycles.